The van der Waals surface area contributed by atoms with Crippen LogP contribution in [0.2, 0.25) is 0 Å². The average molecular weight is 371 g/mol. The smallest absolute Gasteiger partial charge is 0.159 e. The summed E-state index contributed by atoms with van der Waals surface area (Å²) in [6, 6.07) is 11.7. The normalized spacial score (nSPS) is 10.3. The molecule has 0 spiro atoms. The van der Waals surface area contributed by atoms with Gasteiger partial charge in [0, 0.05) is 29.1 Å². The molecule has 2 aromatic heterocycles. The van der Waals surface area contributed by atoms with Crippen molar-refractivity contribution in [1.29, 1.82) is 0 Å². The van der Waals surface area contributed by atoms with Crippen LogP contribution in [-0.4, -0.2) is 15.0 Å². The molecule has 0 saturated carbocycles. The van der Waals surface area contributed by atoms with Gasteiger partial charge < -0.3 is 16.4 Å². The highest BCUT2D eigenvalue weighted by atomic mass is 79.9. The Morgan fingerprint density at radius 1 is 1.09 bits per heavy atom. The van der Waals surface area contributed by atoms with E-state index in [0.717, 1.165) is 15.7 Å². The Morgan fingerprint density at radius 3 is 2.74 bits per heavy atom. The number of nitrogen functional groups attached to an aromatic ring is 1. The van der Waals surface area contributed by atoms with Crippen LogP contribution in [0.4, 0.5) is 23.0 Å². The van der Waals surface area contributed by atoms with E-state index in [-0.39, 0.29) is 0 Å². The number of nitrogens with two attached hydrogens (primary N) is 1. The molecule has 4 N–H and O–H groups in total. The first-order valence-corrected chi connectivity index (χ1v) is 7.77. The number of nitrogens with zero attached hydrogens (tertiary/aromatic N) is 3. The van der Waals surface area contributed by atoms with Gasteiger partial charge in [0.25, 0.3) is 0 Å². The molecule has 3 aromatic rings. The lowest BCUT2D eigenvalue weighted by Crippen LogP contribution is -2.08. The molecule has 3 rings (SSSR count). The minimum atomic E-state index is 0.469. The lowest BCUT2D eigenvalue weighted by molar-refractivity contribution is 1.07. The van der Waals surface area contributed by atoms with E-state index < -0.39 is 0 Å². The van der Waals surface area contributed by atoms with Gasteiger partial charge in [-0.25, -0.2) is 9.97 Å². The molecule has 116 valence electrons. The number of pyridine rings is 1. The van der Waals surface area contributed by atoms with Crippen LogP contribution in [0, 0.1) is 0 Å². The van der Waals surface area contributed by atoms with Crippen molar-refractivity contribution >= 4 is 38.9 Å². The second kappa shape index (κ2) is 7.06. The van der Waals surface area contributed by atoms with Crippen molar-refractivity contribution in [2.24, 2.45) is 0 Å². The van der Waals surface area contributed by atoms with Crippen LogP contribution in [0.5, 0.6) is 0 Å². The third kappa shape index (κ3) is 3.95. The first kappa shape index (κ1) is 15.2. The molecule has 0 fully saturated rings. The number of aromatic nitrogens is 3. The molecule has 7 heteroatoms. The zero-order chi connectivity index (χ0) is 16.1. The van der Waals surface area contributed by atoms with Gasteiger partial charge in [0.2, 0.25) is 0 Å². The van der Waals surface area contributed by atoms with Gasteiger partial charge in [-0.15, -0.1) is 0 Å². The number of hydrogen-bond donors (Lipinski definition) is 3. The van der Waals surface area contributed by atoms with Crippen LogP contribution >= 0.6 is 15.9 Å². The van der Waals surface area contributed by atoms with Crippen LogP contribution in [0.25, 0.3) is 0 Å². The second-order valence-electron chi connectivity index (χ2n) is 4.83. The molecule has 2 heterocycles. The minimum absolute atomic E-state index is 0.469. The first-order chi connectivity index (χ1) is 11.2. The topological polar surface area (TPSA) is 88.8 Å². The summed E-state index contributed by atoms with van der Waals surface area (Å²) in [7, 11) is 0. The molecule has 0 bridgehead atoms. The van der Waals surface area contributed by atoms with E-state index in [9.17, 15) is 0 Å². The Morgan fingerprint density at radius 2 is 1.96 bits per heavy atom. The number of halogens is 1. The zero-order valence-corrected chi connectivity index (χ0v) is 13.8. The minimum Gasteiger partial charge on any atom is -0.393 e. The molecule has 0 aliphatic carbocycles. The Kier molecular flexibility index (Phi) is 4.68. The number of rotatable bonds is 5. The van der Waals surface area contributed by atoms with Crippen LogP contribution in [0.15, 0.2) is 59.6 Å². The Labute approximate surface area is 142 Å². The van der Waals surface area contributed by atoms with Gasteiger partial charge in [-0.1, -0.05) is 28.1 Å². The molecule has 0 radical (unpaired) electrons. The monoisotopic (exact) mass is 370 g/mol. The zero-order valence-electron chi connectivity index (χ0n) is 12.2. The predicted molar refractivity (Wildman–Crippen MR) is 95.4 cm³/mol. The molecule has 0 aliphatic rings. The largest absolute Gasteiger partial charge is 0.393 e. The highest BCUT2D eigenvalue weighted by molar-refractivity contribution is 9.10. The van der Waals surface area contributed by atoms with E-state index in [1.807, 2.05) is 36.4 Å². The summed E-state index contributed by atoms with van der Waals surface area (Å²) >= 11 is 3.44. The molecule has 0 aliphatic heterocycles. The van der Waals surface area contributed by atoms with E-state index >= 15 is 0 Å². The third-order valence-electron chi connectivity index (χ3n) is 3.15. The van der Waals surface area contributed by atoms with Crippen molar-refractivity contribution in [2.45, 2.75) is 6.54 Å². The lowest BCUT2D eigenvalue weighted by atomic mass is 10.3. The quantitative estimate of drug-likeness (QED) is 0.636. The summed E-state index contributed by atoms with van der Waals surface area (Å²) in [6.07, 6.45) is 5.01. The lowest BCUT2D eigenvalue weighted by Gasteiger charge is -2.12. The molecular weight excluding hydrogens is 356 g/mol. The van der Waals surface area contributed by atoms with Gasteiger partial charge in [-0.2, -0.15) is 0 Å². The van der Waals surface area contributed by atoms with Gasteiger partial charge in [-0.3, -0.25) is 4.98 Å². The molecule has 0 unspecified atom stereocenters. The average Bonchev–Trinajstić information content (AvgIpc) is 2.57. The summed E-state index contributed by atoms with van der Waals surface area (Å²) in [6.45, 7) is 0.589. The molecule has 0 saturated heterocycles. The fourth-order valence-corrected chi connectivity index (χ4v) is 2.43. The van der Waals surface area contributed by atoms with Crippen LogP contribution < -0.4 is 16.4 Å². The molecule has 6 nitrogen and oxygen atoms in total. The molecular formula is C16H15BrN6. The van der Waals surface area contributed by atoms with Crippen molar-refractivity contribution in [2.75, 3.05) is 16.4 Å². The van der Waals surface area contributed by atoms with Crippen molar-refractivity contribution in [3.05, 3.63) is 65.2 Å². The van der Waals surface area contributed by atoms with Crippen molar-refractivity contribution in [3.63, 3.8) is 0 Å². The van der Waals surface area contributed by atoms with E-state index in [4.69, 9.17) is 5.73 Å². The Hall–Kier alpha value is -2.67. The molecule has 0 amide bonds. The van der Waals surface area contributed by atoms with Gasteiger partial charge in [0.05, 0.1) is 0 Å². The van der Waals surface area contributed by atoms with Crippen LogP contribution in [0.1, 0.15) is 5.56 Å². The Bertz CT molecular complexity index is 794. The number of nitrogens with one attached hydrogen (secondary N) is 2. The standard InChI is InChI=1S/C16H15BrN6/c17-12-4-1-5-13(7-12)23-16-14(18)15(21-10-22-16)20-9-11-3-2-6-19-8-11/h1-8,10H,9,18H2,(H2,20,21,22,23). The van der Waals surface area contributed by atoms with E-state index in [1.54, 1.807) is 12.4 Å². The van der Waals surface area contributed by atoms with Gasteiger partial charge >= 0.3 is 0 Å². The summed E-state index contributed by atoms with van der Waals surface area (Å²) in [5.41, 5.74) is 8.56. The number of benzene rings is 1. The highest BCUT2D eigenvalue weighted by Gasteiger charge is 2.08. The van der Waals surface area contributed by atoms with Crippen molar-refractivity contribution in [1.82, 2.24) is 15.0 Å². The van der Waals surface area contributed by atoms with E-state index in [1.165, 1.54) is 6.33 Å². The van der Waals surface area contributed by atoms with Gasteiger partial charge in [0.1, 0.15) is 12.0 Å². The Balaban J connectivity index is 1.75. The predicted octanol–water partition coefficient (Wildman–Crippen LogP) is 3.57. The maximum absolute atomic E-state index is 6.16. The van der Waals surface area contributed by atoms with Crippen LogP contribution in [0.3, 0.4) is 0 Å². The maximum atomic E-state index is 6.16. The van der Waals surface area contributed by atoms with E-state index in [2.05, 4.69) is 41.5 Å². The number of hydrogen-bond acceptors (Lipinski definition) is 6. The fourth-order valence-electron chi connectivity index (χ4n) is 2.03. The van der Waals surface area contributed by atoms with Gasteiger partial charge in [-0.05, 0) is 29.8 Å². The van der Waals surface area contributed by atoms with Crippen molar-refractivity contribution in [3.8, 4) is 0 Å². The summed E-state index contributed by atoms with van der Waals surface area (Å²) in [5, 5.41) is 6.39. The van der Waals surface area contributed by atoms with Gasteiger partial charge in [0.15, 0.2) is 11.6 Å². The highest BCUT2D eigenvalue weighted by Crippen LogP contribution is 2.27. The second-order valence-corrected chi connectivity index (χ2v) is 5.75. The fraction of sp³-hybridized carbons (Fsp3) is 0.0625. The molecule has 0 atom stereocenters. The third-order valence-corrected chi connectivity index (χ3v) is 3.65. The first-order valence-electron chi connectivity index (χ1n) is 6.98. The molecule has 1 aromatic carbocycles. The summed E-state index contributed by atoms with van der Waals surface area (Å²) in [4.78, 5) is 12.5. The summed E-state index contributed by atoms with van der Waals surface area (Å²) in [5.74, 6) is 1.15. The van der Waals surface area contributed by atoms with Crippen LogP contribution in [-0.2, 0) is 6.54 Å². The molecule has 23 heavy (non-hydrogen) atoms. The SMILES string of the molecule is Nc1c(NCc2cccnc2)ncnc1Nc1cccc(Br)c1. The maximum Gasteiger partial charge on any atom is 0.159 e. The number of anilines is 4. The van der Waals surface area contributed by atoms with Crippen molar-refractivity contribution < 1.29 is 0 Å². The van der Waals surface area contributed by atoms with E-state index in [0.29, 0.717) is 23.9 Å². The summed E-state index contributed by atoms with van der Waals surface area (Å²) < 4.78 is 0.977.